The van der Waals surface area contributed by atoms with Crippen LogP contribution in [0.15, 0.2) is 41.1 Å². The molecule has 0 unspecified atom stereocenters. The average Bonchev–Trinajstić information content (AvgIpc) is 3.06. The van der Waals surface area contributed by atoms with Gasteiger partial charge < -0.3 is 9.73 Å². The maximum Gasteiger partial charge on any atom is 0.231 e. The third-order valence-corrected chi connectivity index (χ3v) is 3.29. The Hall–Kier alpha value is -2.56. The Morgan fingerprint density at radius 3 is 2.65 bits per heavy atom. The molecule has 5 nitrogen and oxygen atoms in total. The predicted octanol–water partition coefficient (Wildman–Crippen LogP) is 3.19. The van der Waals surface area contributed by atoms with E-state index < -0.39 is 0 Å². The lowest BCUT2D eigenvalue weighted by molar-refractivity contribution is 0.574. The van der Waals surface area contributed by atoms with E-state index in [1.54, 1.807) is 12.5 Å². The van der Waals surface area contributed by atoms with Gasteiger partial charge in [0.25, 0.3) is 0 Å². The van der Waals surface area contributed by atoms with Crippen LogP contribution in [0.3, 0.4) is 0 Å². The molecule has 20 heavy (non-hydrogen) atoms. The number of benzene rings is 1. The van der Waals surface area contributed by atoms with E-state index in [0.717, 1.165) is 28.3 Å². The van der Waals surface area contributed by atoms with Gasteiger partial charge in [0.1, 0.15) is 17.6 Å². The molecule has 1 aromatic carbocycles. The van der Waals surface area contributed by atoms with Crippen LogP contribution in [0, 0.1) is 13.8 Å². The van der Waals surface area contributed by atoms with Crippen molar-refractivity contribution in [2.24, 2.45) is 0 Å². The van der Waals surface area contributed by atoms with Crippen LogP contribution < -0.4 is 5.32 Å². The van der Waals surface area contributed by atoms with E-state index in [-0.39, 0.29) is 0 Å². The Morgan fingerprint density at radius 1 is 1.20 bits per heavy atom. The molecule has 0 aliphatic heterocycles. The van der Waals surface area contributed by atoms with Crippen molar-refractivity contribution >= 4 is 5.82 Å². The van der Waals surface area contributed by atoms with Crippen LogP contribution in [0.4, 0.5) is 5.82 Å². The molecule has 0 saturated carbocycles. The van der Waals surface area contributed by atoms with Crippen molar-refractivity contribution in [2.75, 3.05) is 12.4 Å². The molecule has 0 atom stereocenters. The number of hydrogen-bond donors (Lipinski definition) is 1. The first kappa shape index (κ1) is 12.5. The maximum atomic E-state index is 5.42. The zero-order chi connectivity index (χ0) is 14.1. The molecule has 0 bridgehead atoms. The second-order valence-electron chi connectivity index (χ2n) is 4.59. The zero-order valence-electron chi connectivity index (χ0n) is 11.7. The van der Waals surface area contributed by atoms with Crippen molar-refractivity contribution in [1.29, 1.82) is 0 Å². The standard InChI is InChI=1S/C15H16N4O/c1-10-6-4-5-7-12(10)19-14(16-3)13(11(2)18-19)15-17-8-9-20-15/h4-9,16H,1-3H3. The summed E-state index contributed by atoms with van der Waals surface area (Å²) in [5, 5.41) is 7.82. The highest BCUT2D eigenvalue weighted by Gasteiger charge is 2.20. The molecule has 5 heteroatoms. The molecule has 102 valence electrons. The lowest BCUT2D eigenvalue weighted by atomic mass is 10.2. The van der Waals surface area contributed by atoms with Gasteiger partial charge in [-0.25, -0.2) is 9.67 Å². The molecule has 2 heterocycles. The first-order chi connectivity index (χ1) is 9.72. The minimum Gasteiger partial charge on any atom is -0.444 e. The van der Waals surface area contributed by atoms with Crippen LogP contribution >= 0.6 is 0 Å². The minimum atomic E-state index is 0.576. The van der Waals surface area contributed by atoms with Crippen LogP contribution in [0.25, 0.3) is 17.1 Å². The quantitative estimate of drug-likeness (QED) is 0.792. The number of rotatable bonds is 3. The SMILES string of the molecule is CNc1c(-c2ncco2)c(C)nn1-c1ccccc1C. The molecule has 2 aromatic heterocycles. The van der Waals surface area contributed by atoms with Gasteiger partial charge in [-0.2, -0.15) is 5.10 Å². The molecular weight excluding hydrogens is 252 g/mol. The van der Waals surface area contributed by atoms with Crippen molar-refractivity contribution in [3.63, 3.8) is 0 Å². The summed E-state index contributed by atoms with van der Waals surface area (Å²) < 4.78 is 7.31. The van der Waals surface area contributed by atoms with E-state index in [9.17, 15) is 0 Å². The van der Waals surface area contributed by atoms with Gasteiger partial charge in [0.05, 0.1) is 17.6 Å². The number of nitrogens with zero attached hydrogens (tertiary/aromatic N) is 3. The second-order valence-corrected chi connectivity index (χ2v) is 4.59. The molecule has 0 aliphatic rings. The second kappa shape index (κ2) is 4.85. The normalized spacial score (nSPS) is 10.8. The van der Waals surface area contributed by atoms with E-state index in [2.05, 4.69) is 28.4 Å². The van der Waals surface area contributed by atoms with Gasteiger partial charge in [-0.05, 0) is 25.5 Å². The number of aryl methyl sites for hydroxylation is 2. The predicted molar refractivity (Wildman–Crippen MR) is 78.1 cm³/mol. The zero-order valence-corrected chi connectivity index (χ0v) is 11.7. The summed E-state index contributed by atoms with van der Waals surface area (Å²) in [6.07, 6.45) is 3.21. The van der Waals surface area contributed by atoms with Gasteiger partial charge in [-0.15, -0.1) is 0 Å². The summed E-state index contributed by atoms with van der Waals surface area (Å²) in [5.74, 6) is 1.45. The minimum absolute atomic E-state index is 0.576. The summed E-state index contributed by atoms with van der Waals surface area (Å²) in [4.78, 5) is 4.23. The van der Waals surface area contributed by atoms with Gasteiger partial charge in [0.15, 0.2) is 0 Å². The number of nitrogens with one attached hydrogen (secondary N) is 1. The third-order valence-electron chi connectivity index (χ3n) is 3.29. The van der Waals surface area contributed by atoms with Crippen molar-refractivity contribution < 1.29 is 4.42 Å². The van der Waals surface area contributed by atoms with Crippen LogP contribution in [-0.2, 0) is 0 Å². The first-order valence-electron chi connectivity index (χ1n) is 6.45. The highest BCUT2D eigenvalue weighted by Crippen LogP contribution is 2.32. The molecule has 3 rings (SSSR count). The first-order valence-corrected chi connectivity index (χ1v) is 6.45. The third kappa shape index (κ3) is 1.87. The van der Waals surface area contributed by atoms with Crippen molar-refractivity contribution in [1.82, 2.24) is 14.8 Å². The largest absolute Gasteiger partial charge is 0.444 e. The molecule has 0 spiro atoms. The smallest absolute Gasteiger partial charge is 0.231 e. The molecule has 0 saturated heterocycles. The van der Waals surface area contributed by atoms with Gasteiger partial charge in [-0.1, -0.05) is 18.2 Å². The summed E-state index contributed by atoms with van der Waals surface area (Å²) in [5.41, 5.74) is 3.96. The lowest BCUT2D eigenvalue weighted by Gasteiger charge is -2.10. The Morgan fingerprint density at radius 2 is 2.00 bits per heavy atom. The van der Waals surface area contributed by atoms with Crippen LogP contribution in [0.1, 0.15) is 11.3 Å². The van der Waals surface area contributed by atoms with Crippen molar-refractivity contribution in [3.05, 3.63) is 48.0 Å². The van der Waals surface area contributed by atoms with Crippen LogP contribution in [0.5, 0.6) is 0 Å². The van der Waals surface area contributed by atoms with Crippen LogP contribution in [0.2, 0.25) is 0 Å². The van der Waals surface area contributed by atoms with Gasteiger partial charge >= 0.3 is 0 Å². The van der Waals surface area contributed by atoms with Crippen molar-refractivity contribution in [3.8, 4) is 17.1 Å². The molecule has 0 fully saturated rings. The fourth-order valence-corrected chi connectivity index (χ4v) is 2.34. The van der Waals surface area contributed by atoms with Crippen molar-refractivity contribution in [2.45, 2.75) is 13.8 Å². The maximum absolute atomic E-state index is 5.42. The lowest BCUT2D eigenvalue weighted by Crippen LogP contribution is -2.04. The average molecular weight is 268 g/mol. The fraction of sp³-hybridized carbons (Fsp3) is 0.200. The van der Waals surface area contributed by atoms with E-state index in [1.165, 1.54) is 0 Å². The van der Waals surface area contributed by atoms with E-state index in [0.29, 0.717) is 5.89 Å². The summed E-state index contributed by atoms with van der Waals surface area (Å²) in [6.45, 7) is 4.02. The topological polar surface area (TPSA) is 55.9 Å². The van der Waals surface area contributed by atoms with Gasteiger partial charge in [0, 0.05) is 7.05 Å². The number of aromatic nitrogens is 3. The molecule has 0 radical (unpaired) electrons. The van der Waals surface area contributed by atoms with E-state index in [4.69, 9.17) is 4.42 Å². The Kier molecular flexibility index (Phi) is 3.02. The molecule has 3 aromatic rings. The summed E-state index contributed by atoms with van der Waals surface area (Å²) in [6, 6.07) is 8.13. The fourth-order valence-electron chi connectivity index (χ4n) is 2.34. The monoisotopic (exact) mass is 268 g/mol. The number of para-hydroxylation sites is 1. The van der Waals surface area contributed by atoms with Crippen LogP contribution in [-0.4, -0.2) is 21.8 Å². The van der Waals surface area contributed by atoms with E-state index in [1.807, 2.05) is 36.9 Å². The summed E-state index contributed by atoms with van der Waals surface area (Å²) >= 11 is 0. The van der Waals surface area contributed by atoms with E-state index >= 15 is 0 Å². The number of anilines is 1. The Balaban J connectivity index is 2.24. The summed E-state index contributed by atoms with van der Waals surface area (Å²) in [7, 11) is 1.87. The highest BCUT2D eigenvalue weighted by atomic mass is 16.3. The molecular formula is C15H16N4O. The van der Waals surface area contributed by atoms with Gasteiger partial charge in [0.2, 0.25) is 5.89 Å². The highest BCUT2D eigenvalue weighted by molar-refractivity contribution is 5.74. The molecule has 1 N–H and O–H groups in total. The number of oxazole rings is 1. The molecule has 0 amide bonds. The van der Waals surface area contributed by atoms with Gasteiger partial charge in [-0.3, -0.25) is 0 Å². The molecule has 0 aliphatic carbocycles. The Bertz CT molecular complexity index is 728. The Labute approximate surface area is 117 Å². The number of hydrogen-bond acceptors (Lipinski definition) is 4.